The molecule has 1 aliphatic carbocycles. The summed E-state index contributed by atoms with van der Waals surface area (Å²) >= 11 is 1.18. The van der Waals surface area contributed by atoms with Gasteiger partial charge < -0.3 is 15.1 Å². The van der Waals surface area contributed by atoms with Crippen LogP contribution in [0.3, 0.4) is 0 Å². The number of ketones is 1. The molecule has 1 fully saturated rings. The molecule has 202 valence electrons. The van der Waals surface area contributed by atoms with E-state index in [-0.39, 0.29) is 41.5 Å². The number of Topliss-reactive ketones (excluding diaryl/α,β-unsaturated/α-hetero) is 1. The number of hydrogen-bond donors (Lipinski definition) is 2. The number of halogens is 1. The summed E-state index contributed by atoms with van der Waals surface area (Å²) in [5, 5.41) is 6.31. The molecule has 3 rings (SSSR count). The quantitative estimate of drug-likeness (QED) is 0.441. The van der Waals surface area contributed by atoms with Crippen LogP contribution in [0.1, 0.15) is 60.5 Å². The summed E-state index contributed by atoms with van der Waals surface area (Å²) in [7, 11) is 3.91. The van der Waals surface area contributed by atoms with E-state index in [0.29, 0.717) is 15.7 Å². The van der Waals surface area contributed by atoms with Crippen LogP contribution in [-0.4, -0.2) is 71.8 Å². The molecule has 1 aliphatic rings. The van der Waals surface area contributed by atoms with Crippen molar-refractivity contribution in [3.05, 3.63) is 46.2 Å². The number of aromatic nitrogens is 1. The van der Waals surface area contributed by atoms with Crippen molar-refractivity contribution in [1.82, 2.24) is 20.1 Å². The highest BCUT2D eigenvalue weighted by molar-refractivity contribution is 7.17. The zero-order valence-corrected chi connectivity index (χ0v) is 23.2. The highest BCUT2D eigenvalue weighted by atomic mass is 32.1. The Morgan fingerprint density at radius 3 is 2.46 bits per heavy atom. The molecular formula is C27H38FN5O3S. The van der Waals surface area contributed by atoms with E-state index in [1.807, 2.05) is 19.2 Å². The summed E-state index contributed by atoms with van der Waals surface area (Å²) in [6, 6.07) is 6.36. The summed E-state index contributed by atoms with van der Waals surface area (Å²) in [6.45, 7) is 6.47. The summed E-state index contributed by atoms with van der Waals surface area (Å²) in [6.07, 6.45) is 4.18. The second-order valence-corrected chi connectivity index (χ2v) is 11.0. The van der Waals surface area contributed by atoms with Gasteiger partial charge in [-0.2, -0.15) is 0 Å². The lowest BCUT2D eigenvalue weighted by Crippen LogP contribution is -2.52. The first-order chi connectivity index (χ1) is 17.5. The smallest absolute Gasteiger partial charge is 0.321 e. The highest BCUT2D eigenvalue weighted by Gasteiger charge is 2.34. The monoisotopic (exact) mass is 531 g/mol. The molecule has 2 aromatic rings. The molecule has 3 atom stereocenters. The number of anilines is 1. The second-order valence-electron chi connectivity index (χ2n) is 10.0. The van der Waals surface area contributed by atoms with Gasteiger partial charge in [-0.3, -0.25) is 14.9 Å². The molecule has 1 aromatic heterocycles. The number of carbonyl (C=O) groups excluding carboxylic acids is 3. The van der Waals surface area contributed by atoms with Gasteiger partial charge in [-0.05, 0) is 76.2 Å². The molecule has 10 heteroatoms. The van der Waals surface area contributed by atoms with Gasteiger partial charge in [-0.25, -0.2) is 14.2 Å². The molecule has 0 radical (unpaired) electrons. The average Bonchev–Trinajstić information content (AvgIpc) is 3.20. The van der Waals surface area contributed by atoms with Gasteiger partial charge >= 0.3 is 6.03 Å². The van der Waals surface area contributed by atoms with Crippen LogP contribution >= 0.6 is 11.3 Å². The molecule has 1 saturated carbocycles. The fourth-order valence-electron chi connectivity index (χ4n) is 5.01. The maximum absolute atomic E-state index is 13.2. The molecule has 37 heavy (non-hydrogen) atoms. The Kier molecular flexibility index (Phi) is 10.2. The Balaban J connectivity index is 1.60. The second kappa shape index (κ2) is 13.1. The van der Waals surface area contributed by atoms with Crippen molar-refractivity contribution in [2.45, 2.75) is 65.0 Å². The summed E-state index contributed by atoms with van der Waals surface area (Å²) in [4.78, 5) is 45.5. The van der Waals surface area contributed by atoms with Gasteiger partial charge in [0, 0.05) is 39.5 Å². The van der Waals surface area contributed by atoms with Crippen molar-refractivity contribution < 1.29 is 18.8 Å². The third-order valence-electron chi connectivity index (χ3n) is 7.12. The molecule has 2 N–H and O–H groups in total. The number of benzene rings is 1. The number of nitrogens with zero attached hydrogens (tertiary/aromatic N) is 3. The molecule has 0 aliphatic heterocycles. The van der Waals surface area contributed by atoms with Crippen LogP contribution in [0.2, 0.25) is 0 Å². The largest absolute Gasteiger partial charge is 0.343 e. The van der Waals surface area contributed by atoms with Gasteiger partial charge in [0.15, 0.2) is 10.9 Å². The van der Waals surface area contributed by atoms with E-state index in [1.54, 1.807) is 18.7 Å². The van der Waals surface area contributed by atoms with Crippen LogP contribution in [0.25, 0.3) is 0 Å². The molecule has 0 bridgehead atoms. The number of urea groups is 1. The lowest BCUT2D eigenvalue weighted by molar-refractivity contribution is -0.130. The lowest BCUT2D eigenvalue weighted by Gasteiger charge is -2.41. The number of aryl methyl sites for hydroxylation is 2. The molecule has 3 amide bonds. The Morgan fingerprint density at radius 1 is 1.14 bits per heavy atom. The first-order valence-electron chi connectivity index (χ1n) is 12.8. The fourth-order valence-corrected chi connectivity index (χ4v) is 5.87. The van der Waals surface area contributed by atoms with Crippen molar-refractivity contribution >= 4 is 34.2 Å². The number of nitrogens with one attached hydrogen (secondary N) is 2. The topological polar surface area (TPSA) is 94.6 Å². The van der Waals surface area contributed by atoms with Crippen molar-refractivity contribution in [3.63, 3.8) is 0 Å². The summed E-state index contributed by atoms with van der Waals surface area (Å²) in [5.41, 5.74) is 1.72. The van der Waals surface area contributed by atoms with Gasteiger partial charge in [0.25, 0.3) is 0 Å². The molecule has 0 unspecified atom stereocenters. The van der Waals surface area contributed by atoms with Crippen LogP contribution in [0.4, 0.5) is 14.3 Å². The van der Waals surface area contributed by atoms with E-state index in [9.17, 15) is 18.8 Å². The predicted molar refractivity (Wildman–Crippen MR) is 145 cm³/mol. The molecular weight excluding hydrogens is 493 g/mol. The number of carbonyl (C=O) groups is 3. The van der Waals surface area contributed by atoms with Crippen LogP contribution < -0.4 is 10.6 Å². The van der Waals surface area contributed by atoms with Crippen molar-refractivity contribution in [2.24, 2.45) is 5.92 Å². The van der Waals surface area contributed by atoms with Crippen LogP contribution in [0.15, 0.2) is 24.3 Å². The Bertz CT molecular complexity index is 1090. The van der Waals surface area contributed by atoms with Crippen LogP contribution in [-0.2, 0) is 11.2 Å². The molecule has 1 aromatic carbocycles. The Labute approximate surface area is 222 Å². The maximum Gasteiger partial charge on any atom is 0.321 e. The SMILES string of the molecule is CC(=O)c1sc(NC(=O)N[C@@H]2CC[C@@H](N(C)C(C)=O)C[C@H]2CN(C)CCCc2ccc(F)cc2)nc1C. The van der Waals surface area contributed by atoms with E-state index in [2.05, 4.69) is 27.6 Å². The van der Waals surface area contributed by atoms with Gasteiger partial charge in [0.1, 0.15) is 5.82 Å². The van der Waals surface area contributed by atoms with E-state index < -0.39 is 0 Å². The van der Waals surface area contributed by atoms with E-state index >= 15 is 0 Å². The first kappa shape index (κ1) is 28.7. The zero-order valence-electron chi connectivity index (χ0n) is 22.3. The number of amides is 3. The van der Waals surface area contributed by atoms with Gasteiger partial charge in [0.05, 0.1) is 10.6 Å². The Morgan fingerprint density at radius 2 is 1.84 bits per heavy atom. The van der Waals surface area contributed by atoms with Crippen molar-refractivity contribution in [3.8, 4) is 0 Å². The van der Waals surface area contributed by atoms with E-state index in [1.165, 1.54) is 30.4 Å². The summed E-state index contributed by atoms with van der Waals surface area (Å²) in [5.74, 6) is -0.0945. The van der Waals surface area contributed by atoms with E-state index in [0.717, 1.165) is 50.8 Å². The maximum atomic E-state index is 13.2. The normalized spacial score (nSPS) is 19.5. The van der Waals surface area contributed by atoms with Crippen molar-refractivity contribution in [1.29, 1.82) is 0 Å². The van der Waals surface area contributed by atoms with Crippen molar-refractivity contribution in [2.75, 3.05) is 32.5 Å². The first-order valence-corrected chi connectivity index (χ1v) is 13.6. The van der Waals surface area contributed by atoms with Crippen LogP contribution in [0, 0.1) is 18.7 Å². The highest BCUT2D eigenvalue weighted by Crippen LogP contribution is 2.29. The zero-order chi connectivity index (χ0) is 27.1. The predicted octanol–water partition coefficient (Wildman–Crippen LogP) is 4.49. The van der Waals surface area contributed by atoms with Gasteiger partial charge in [-0.1, -0.05) is 23.5 Å². The third-order valence-corrected chi connectivity index (χ3v) is 8.29. The van der Waals surface area contributed by atoms with E-state index in [4.69, 9.17) is 0 Å². The summed E-state index contributed by atoms with van der Waals surface area (Å²) < 4.78 is 13.2. The van der Waals surface area contributed by atoms with Gasteiger partial charge in [0.2, 0.25) is 5.91 Å². The third kappa shape index (κ3) is 8.33. The molecule has 8 nitrogen and oxygen atoms in total. The minimum absolute atomic E-state index is 0.0426. The molecule has 0 spiro atoms. The lowest BCUT2D eigenvalue weighted by atomic mass is 9.80. The van der Waals surface area contributed by atoms with Crippen LogP contribution in [0.5, 0.6) is 0 Å². The minimum Gasteiger partial charge on any atom is -0.343 e. The molecule has 1 heterocycles. The standard InChI is InChI=1S/C27H38FN5O3S/c1-17-25(18(2)34)37-27(29-17)31-26(36)30-24-13-12-23(33(5)19(3)35)15-21(24)16-32(4)14-6-7-20-8-10-22(28)11-9-20/h8-11,21,23-24H,6-7,12-16H2,1-5H3,(H2,29,30,31,36)/t21-,23+,24+/m0/s1. The number of thiazole rings is 1. The molecule has 0 saturated heterocycles. The fraction of sp³-hybridized carbons (Fsp3) is 0.556. The van der Waals surface area contributed by atoms with Gasteiger partial charge in [-0.15, -0.1) is 0 Å². The number of hydrogen-bond acceptors (Lipinski definition) is 6. The number of rotatable bonds is 10. The Hall–Kier alpha value is -2.85. The minimum atomic E-state index is -0.337. The average molecular weight is 532 g/mol.